The Morgan fingerprint density at radius 3 is 2.48 bits per heavy atom. The lowest BCUT2D eigenvalue weighted by Crippen LogP contribution is -2.48. The second-order valence-electron chi connectivity index (χ2n) is 6.39. The van der Waals surface area contributed by atoms with Crippen LogP contribution in [0.4, 0.5) is 0 Å². The van der Waals surface area contributed by atoms with Gasteiger partial charge in [0.05, 0.1) is 23.9 Å². The molecule has 0 amide bonds. The number of allylic oxidation sites excluding steroid dienone is 2. The zero-order valence-corrected chi connectivity index (χ0v) is 14.8. The zero-order chi connectivity index (χ0) is 18.2. The molecule has 0 unspecified atom stereocenters. The molecule has 1 aromatic rings. The van der Waals surface area contributed by atoms with Crippen LogP contribution in [0.3, 0.4) is 0 Å². The highest BCUT2D eigenvalue weighted by molar-refractivity contribution is 6.35. The number of nitrogens with zero attached hydrogens (tertiary/aromatic N) is 3. The molecule has 0 saturated heterocycles. The third-order valence-electron chi connectivity index (χ3n) is 5.22. The molecule has 0 spiro atoms. The summed E-state index contributed by atoms with van der Waals surface area (Å²) < 4.78 is 0. The van der Waals surface area contributed by atoms with E-state index >= 15 is 0 Å². The Balaban J connectivity index is 2.29. The van der Waals surface area contributed by atoms with Gasteiger partial charge < -0.3 is 5.41 Å². The molecule has 1 aromatic carbocycles. The van der Waals surface area contributed by atoms with Crippen LogP contribution in [0.5, 0.6) is 0 Å². The molecule has 3 atom stereocenters. The fourth-order valence-electron chi connectivity index (χ4n) is 4.11. The van der Waals surface area contributed by atoms with Crippen molar-refractivity contribution in [3.63, 3.8) is 0 Å². The van der Waals surface area contributed by atoms with E-state index in [2.05, 4.69) is 6.07 Å². The molecule has 25 heavy (non-hydrogen) atoms. The van der Waals surface area contributed by atoms with Gasteiger partial charge in [0.2, 0.25) is 0 Å². The first-order chi connectivity index (χ1) is 12.0. The van der Waals surface area contributed by atoms with Crippen LogP contribution in [0.25, 0.3) is 0 Å². The first-order valence-corrected chi connectivity index (χ1v) is 8.71. The Hall–Kier alpha value is -2.32. The molecule has 1 fully saturated rings. The van der Waals surface area contributed by atoms with Crippen LogP contribution in [0.15, 0.2) is 29.8 Å². The minimum Gasteiger partial charge on any atom is -0.305 e. The lowest BCUT2D eigenvalue weighted by atomic mass is 9.53. The average molecular weight is 369 g/mol. The second-order valence-corrected chi connectivity index (χ2v) is 7.24. The van der Waals surface area contributed by atoms with Crippen LogP contribution in [-0.4, -0.2) is 5.71 Å². The van der Waals surface area contributed by atoms with E-state index in [0.29, 0.717) is 15.6 Å². The molecule has 1 N–H and O–H groups in total. The van der Waals surface area contributed by atoms with Gasteiger partial charge >= 0.3 is 0 Å². The highest BCUT2D eigenvalue weighted by atomic mass is 35.5. The normalized spacial score (nSPS) is 27.2. The van der Waals surface area contributed by atoms with Crippen LogP contribution in [0.1, 0.15) is 30.7 Å². The van der Waals surface area contributed by atoms with Gasteiger partial charge in [-0.25, -0.2) is 0 Å². The van der Waals surface area contributed by atoms with Gasteiger partial charge in [0.1, 0.15) is 5.92 Å². The van der Waals surface area contributed by atoms with Crippen molar-refractivity contribution in [3.8, 4) is 18.2 Å². The largest absolute Gasteiger partial charge is 0.305 e. The minimum atomic E-state index is -1.71. The van der Waals surface area contributed by atoms with Crippen LogP contribution >= 0.6 is 23.2 Å². The van der Waals surface area contributed by atoms with Gasteiger partial charge in [-0.2, -0.15) is 15.8 Å². The summed E-state index contributed by atoms with van der Waals surface area (Å²) in [5.41, 5.74) is -0.388. The first kappa shape index (κ1) is 17.5. The molecule has 2 aliphatic carbocycles. The molecule has 0 bridgehead atoms. The Kier molecular flexibility index (Phi) is 4.57. The average Bonchev–Trinajstić information content (AvgIpc) is 2.62. The maximum absolute atomic E-state index is 9.88. The molecular formula is C19H14Cl2N4. The molecule has 1 saturated carbocycles. The number of hydrogen-bond donors (Lipinski definition) is 1. The lowest BCUT2D eigenvalue weighted by molar-refractivity contribution is 0.320. The third-order valence-corrected chi connectivity index (χ3v) is 5.78. The van der Waals surface area contributed by atoms with Gasteiger partial charge in [0, 0.05) is 16.0 Å². The number of nitrogens with one attached hydrogen (secondary N) is 1. The molecule has 4 nitrogen and oxygen atoms in total. The number of hydrogen-bond acceptors (Lipinski definition) is 4. The molecule has 2 aliphatic rings. The number of rotatable bonds is 1. The van der Waals surface area contributed by atoms with Crippen LogP contribution < -0.4 is 0 Å². The Labute approximate surface area is 156 Å². The Morgan fingerprint density at radius 2 is 1.88 bits per heavy atom. The lowest BCUT2D eigenvalue weighted by Gasteiger charge is -2.46. The summed E-state index contributed by atoms with van der Waals surface area (Å²) in [4.78, 5) is 0. The standard InChI is InChI=1S/C19H14Cl2N4/c20-11-5-6-14(16(21)7-11)17-13-4-2-1-3-12(13)15(8-22)18(25)19(17,9-23)10-24/h3,5-7,13,15,17,25H,1-2,4H2/t13-,15+,17-/m1/s1. The molecule has 0 aromatic heterocycles. The number of halogens is 2. The maximum atomic E-state index is 9.88. The minimum absolute atomic E-state index is 0.152. The molecule has 124 valence electrons. The molecule has 0 heterocycles. The predicted octanol–water partition coefficient (Wildman–Crippen LogP) is 5.01. The highest BCUT2D eigenvalue weighted by Crippen LogP contribution is 2.56. The summed E-state index contributed by atoms with van der Waals surface area (Å²) in [7, 11) is 0. The van der Waals surface area contributed by atoms with E-state index in [0.717, 1.165) is 24.8 Å². The van der Waals surface area contributed by atoms with Gasteiger partial charge in [0.15, 0.2) is 5.41 Å². The Morgan fingerprint density at radius 1 is 1.16 bits per heavy atom. The van der Waals surface area contributed by atoms with Crippen molar-refractivity contribution in [2.24, 2.45) is 17.3 Å². The van der Waals surface area contributed by atoms with Gasteiger partial charge in [-0.3, -0.25) is 0 Å². The summed E-state index contributed by atoms with van der Waals surface area (Å²) in [6.45, 7) is 0. The Bertz CT molecular complexity index is 883. The summed E-state index contributed by atoms with van der Waals surface area (Å²) in [6.07, 6.45) is 4.50. The molecule has 0 aliphatic heterocycles. The van der Waals surface area contributed by atoms with Crippen LogP contribution in [0, 0.1) is 56.7 Å². The molecule has 6 heteroatoms. The van der Waals surface area contributed by atoms with E-state index in [4.69, 9.17) is 28.6 Å². The first-order valence-electron chi connectivity index (χ1n) is 7.96. The van der Waals surface area contributed by atoms with Crippen molar-refractivity contribution in [3.05, 3.63) is 45.5 Å². The van der Waals surface area contributed by atoms with E-state index in [1.165, 1.54) is 0 Å². The summed E-state index contributed by atoms with van der Waals surface area (Å²) in [6, 6.07) is 11.2. The van der Waals surface area contributed by atoms with E-state index in [-0.39, 0.29) is 11.6 Å². The quantitative estimate of drug-likeness (QED) is 0.705. The molecular weight excluding hydrogens is 355 g/mol. The van der Waals surface area contributed by atoms with E-state index in [1.54, 1.807) is 18.2 Å². The van der Waals surface area contributed by atoms with Gasteiger partial charge in [-0.05, 0) is 48.4 Å². The number of nitriles is 3. The topological polar surface area (TPSA) is 95.2 Å². The van der Waals surface area contributed by atoms with Gasteiger partial charge in [-0.1, -0.05) is 35.3 Å². The monoisotopic (exact) mass is 368 g/mol. The summed E-state index contributed by atoms with van der Waals surface area (Å²) in [5, 5.41) is 38.7. The second kappa shape index (κ2) is 6.53. The van der Waals surface area contributed by atoms with Crippen LogP contribution in [0.2, 0.25) is 10.0 Å². The summed E-state index contributed by atoms with van der Waals surface area (Å²) >= 11 is 12.4. The van der Waals surface area contributed by atoms with Gasteiger partial charge in [-0.15, -0.1) is 0 Å². The van der Waals surface area contributed by atoms with E-state index < -0.39 is 17.3 Å². The van der Waals surface area contributed by atoms with Gasteiger partial charge in [0.25, 0.3) is 0 Å². The van der Waals surface area contributed by atoms with Crippen molar-refractivity contribution in [2.45, 2.75) is 25.2 Å². The highest BCUT2D eigenvalue weighted by Gasteiger charge is 2.57. The van der Waals surface area contributed by atoms with Crippen LogP contribution in [-0.2, 0) is 0 Å². The van der Waals surface area contributed by atoms with Crippen molar-refractivity contribution in [1.29, 1.82) is 21.2 Å². The summed E-state index contributed by atoms with van der Waals surface area (Å²) in [5.74, 6) is -1.58. The van der Waals surface area contributed by atoms with Crippen molar-refractivity contribution in [2.75, 3.05) is 0 Å². The number of benzene rings is 1. The predicted molar refractivity (Wildman–Crippen MR) is 95.1 cm³/mol. The van der Waals surface area contributed by atoms with E-state index in [9.17, 15) is 15.8 Å². The molecule has 3 rings (SSSR count). The number of fused-ring (bicyclic) bond motifs is 1. The SMILES string of the molecule is N#C[C@@H]1C(=N)C(C#N)(C#N)[C@@H](c2ccc(Cl)cc2Cl)[C@@H]2CCCC=C12. The zero-order valence-electron chi connectivity index (χ0n) is 13.3. The fraction of sp³-hybridized carbons (Fsp3) is 0.368. The smallest absolute Gasteiger partial charge is 0.189 e. The van der Waals surface area contributed by atoms with E-state index in [1.807, 2.05) is 18.2 Å². The third kappa shape index (κ3) is 2.52. The van der Waals surface area contributed by atoms with Crippen molar-refractivity contribution in [1.82, 2.24) is 0 Å². The van der Waals surface area contributed by atoms with Crippen molar-refractivity contribution >= 4 is 28.9 Å². The maximum Gasteiger partial charge on any atom is 0.189 e. The van der Waals surface area contributed by atoms with Crippen molar-refractivity contribution < 1.29 is 0 Å². The molecule has 0 radical (unpaired) electrons. The fourth-order valence-corrected chi connectivity index (χ4v) is 4.63.